The molecule has 6 rings (SSSR count). The van der Waals surface area contributed by atoms with Crippen LogP contribution in [0.3, 0.4) is 0 Å². The van der Waals surface area contributed by atoms with Crippen LogP contribution in [-0.2, 0) is 19.2 Å². The first-order valence-electron chi connectivity index (χ1n) is 9.73. The summed E-state index contributed by atoms with van der Waals surface area (Å²) < 4.78 is 6.05. The van der Waals surface area contributed by atoms with Gasteiger partial charge in [0.15, 0.2) is 6.10 Å². The molecule has 31 heavy (non-hydrogen) atoms. The number of rotatable bonds is 3. The summed E-state index contributed by atoms with van der Waals surface area (Å²) in [5.41, 5.74) is 1.45. The van der Waals surface area contributed by atoms with E-state index in [-0.39, 0.29) is 23.4 Å². The van der Waals surface area contributed by atoms with Crippen molar-refractivity contribution in [3.05, 3.63) is 69.2 Å². The fraction of sp³-hybridized carbons (Fsp3) is 0.286. The van der Waals surface area contributed by atoms with E-state index in [1.165, 1.54) is 17.0 Å². The maximum absolute atomic E-state index is 13.3. The Kier molecular flexibility index (Phi) is 3.78. The number of imide groups is 1. The SMILES string of the molecule is O=C1[C@@H]2[C@H]3O[C@@H]([C@@H]4C(c5cccc([N+](=O)[O-])c5)=NO[C@H]34)[C@H]2C(=O)N1c1ccc(Cl)cc1. The molecule has 3 saturated heterocycles. The zero-order chi connectivity index (χ0) is 21.4. The summed E-state index contributed by atoms with van der Waals surface area (Å²) in [5, 5.41) is 15.8. The minimum absolute atomic E-state index is 0.0633. The second kappa shape index (κ2) is 6.35. The fourth-order valence-electron chi connectivity index (χ4n) is 5.22. The van der Waals surface area contributed by atoms with E-state index in [0.29, 0.717) is 22.0 Å². The highest BCUT2D eigenvalue weighted by molar-refractivity contribution is 6.31. The van der Waals surface area contributed by atoms with Gasteiger partial charge in [0.05, 0.1) is 40.2 Å². The molecule has 2 amide bonds. The summed E-state index contributed by atoms with van der Waals surface area (Å²) >= 11 is 5.93. The lowest BCUT2D eigenvalue weighted by Gasteiger charge is -2.26. The Bertz CT molecular complexity index is 1180. The molecule has 156 valence electrons. The Balaban J connectivity index is 1.34. The summed E-state index contributed by atoms with van der Waals surface area (Å²) in [7, 11) is 0. The Morgan fingerprint density at radius 2 is 1.68 bits per heavy atom. The molecule has 0 N–H and O–H groups in total. The Morgan fingerprint density at radius 3 is 2.39 bits per heavy atom. The van der Waals surface area contributed by atoms with Gasteiger partial charge in [0.2, 0.25) is 11.8 Å². The number of halogens is 1. The summed E-state index contributed by atoms with van der Waals surface area (Å²) in [6, 6.07) is 12.6. The normalized spacial score (nSPS) is 32.7. The molecule has 0 aromatic heterocycles. The van der Waals surface area contributed by atoms with Crippen LogP contribution in [0.15, 0.2) is 53.7 Å². The highest BCUT2D eigenvalue weighted by atomic mass is 35.5. The molecular formula is C21H14ClN3O6. The van der Waals surface area contributed by atoms with Crippen molar-refractivity contribution < 1.29 is 24.1 Å². The molecule has 0 unspecified atom stereocenters. The molecule has 2 bridgehead atoms. The van der Waals surface area contributed by atoms with E-state index in [1.807, 2.05) is 0 Å². The molecule has 6 atom stereocenters. The van der Waals surface area contributed by atoms with Crippen LogP contribution in [-0.4, -0.2) is 40.8 Å². The molecule has 0 saturated carbocycles. The number of hydrogen-bond acceptors (Lipinski definition) is 7. The molecule has 2 aromatic carbocycles. The smallest absolute Gasteiger partial charge is 0.270 e. The van der Waals surface area contributed by atoms with Crippen molar-refractivity contribution in [2.45, 2.75) is 18.3 Å². The quantitative estimate of drug-likeness (QED) is 0.413. The highest BCUT2D eigenvalue weighted by Gasteiger charge is 2.72. The maximum Gasteiger partial charge on any atom is 0.270 e. The van der Waals surface area contributed by atoms with Crippen LogP contribution in [0.1, 0.15) is 5.56 Å². The first-order chi connectivity index (χ1) is 15.0. The van der Waals surface area contributed by atoms with Gasteiger partial charge in [-0.1, -0.05) is 28.9 Å². The third-order valence-electron chi connectivity index (χ3n) is 6.48. The average molecular weight is 440 g/mol. The van der Waals surface area contributed by atoms with E-state index in [1.54, 1.807) is 36.4 Å². The Morgan fingerprint density at radius 1 is 0.968 bits per heavy atom. The number of ether oxygens (including phenoxy) is 1. The molecule has 4 aliphatic rings. The topological polar surface area (TPSA) is 111 Å². The molecule has 10 heteroatoms. The van der Waals surface area contributed by atoms with E-state index >= 15 is 0 Å². The largest absolute Gasteiger partial charge is 0.389 e. The van der Waals surface area contributed by atoms with Gasteiger partial charge in [0, 0.05) is 22.7 Å². The minimum atomic E-state index is -0.653. The zero-order valence-electron chi connectivity index (χ0n) is 15.8. The predicted octanol–water partition coefficient (Wildman–Crippen LogP) is 2.55. The number of oxime groups is 1. The van der Waals surface area contributed by atoms with Crippen molar-refractivity contribution in [3.8, 4) is 0 Å². The van der Waals surface area contributed by atoms with E-state index < -0.39 is 35.1 Å². The third kappa shape index (κ3) is 2.44. The number of carbonyl (C=O) groups excluding carboxylic acids is 2. The molecule has 3 fully saturated rings. The monoisotopic (exact) mass is 439 g/mol. The lowest BCUT2D eigenvalue weighted by atomic mass is 9.71. The molecule has 4 aliphatic heterocycles. The number of anilines is 1. The van der Waals surface area contributed by atoms with Gasteiger partial charge in [0.25, 0.3) is 5.69 Å². The first-order valence-corrected chi connectivity index (χ1v) is 10.1. The molecule has 0 radical (unpaired) electrons. The summed E-state index contributed by atoms with van der Waals surface area (Å²) in [4.78, 5) is 43.9. The van der Waals surface area contributed by atoms with Gasteiger partial charge in [-0.25, -0.2) is 4.90 Å². The van der Waals surface area contributed by atoms with Crippen LogP contribution >= 0.6 is 11.6 Å². The van der Waals surface area contributed by atoms with Gasteiger partial charge in [0.1, 0.15) is 6.10 Å². The first kappa shape index (κ1) is 18.5. The number of benzene rings is 2. The van der Waals surface area contributed by atoms with Crippen molar-refractivity contribution in [2.24, 2.45) is 22.9 Å². The van der Waals surface area contributed by atoms with Crippen LogP contribution < -0.4 is 4.90 Å². The number of non-ortho nitro benzene ring substituents is 1. The number of hydrogen-bond donors (Lipinski definition) is 0. The van der Waals surface area contributed by atoms with Gasteiger partial charge in [-0.05, 0) is 24.3 Å². The summed E-state index contributed by atoms with van der Waals surface area (Å²) in [6.07, 6.45) is -1.70. The number of fused-ring (bicyclic) bond motifs is 8. The molecule has 9 nitrogen and oxygen atoms in total. The van der Waals surface area contributed by atoms with Crippen LogP contribution in [0.25, 0.3) is 0 Å². The molecular weight excluding hydrogens is 426 g/mol. The number of nitrogens with zero attached hydrogens (tertiary/aromatic N) is 3. The van der Waals surface area contributed by atoms with Crippen molar-refractivity contribution in [2.75, 3.05) is 4.90 Å². The molecule has 0 spiro atoms. The van der Waals surface area contributed by atoms with Gasteiger partial charge in [-0.3, -0.25) is 19.7 Å². The minimum Gasteiger partial charge on any atom is -0.389 e. The van der Waals surface area contributed by atoms with Gasteiger partial charge >= 0.3 is 0 Å². The van der Waals surface area contributed by atoms with Gasteiger partial charge in [-0.15, -0.1) is 0 Å². The van der Waals surface area contributed by atoms with E-state index in [2.05, 4.69) is 5.16 Å². The number of nitro benzene ring substituents is 1. The highest BCUT2D eigenvalue weighted by Crippen LogP contribution is 2.55. The van der Waals surface area contributed by atoms with Crippen LogP contribution in [0.4, 0.5) is 11.4 Å². The van der Waals surface area contributed by atoms with Gasteiger partial charge in [-0.2, -0.15) is 0 Å². The van der Waals surface area contributed by atoms with Crippen molar-refractivity contribution in [1.29, 1.82) is 0 Å². The Hall–Kier alpha value is -3.30. The summed E-state index contributed by atoms with van der Waals surface area (Å²) in [5.74, 6) is -2.33. The van der Waals surface area contributed by atoms with Gasteiger partial charge < -0.3 is 9.57 Å². The second-order valence-electron chi connectivity index (χ2n) is 7.98. The predicted molar refractivity (Wildman–Crippen MR) is 108 cm³/mol. The van der Waals surface area contributed by atoms with Crippen LogP contribution in [0.5, 0.6) is 0 Å². The van der Waals surface area contributed by atoms with Crippen molar-refractivity contribution >= 4 is 40.5 Å². The summed E-state index contributed by atoms with van der Waals surface area (Å²) in [6.45, 7) is 0. The zero-order valence-corrected chi connectivity index (χ0v) is 16.5. The van der Waals surface area contributed by atoms with E-state index in [4.69, 9.17) is 21.2 Å². The Labute approximate surface area is 180 Å². The van der Waals surface area contributed by atoms with Crippen LogP contribution in [0.2, 0.25) is 5.02 Å². The number of nitro groups is 1. The van der Waals surface area contributed by atoms with E-state index in [0.717, 1.165) is 0 Å². The van der Waals surface area contributed by atoms with Crippen molar-refractivity contribution in [1.82, 2.24) is 0 Å². The molecule has 0 aliphatic carbocycles. The van der Waals surface area contributed by atoms with Crippen LogP contribution in [0, 0.1) is 27.9 Å². The fourth-order valence-corrected chi connectivity index (χ4v) is 5.35. The average Bonchev–Trinajstić information content (AvgIpc) is 3.49. The third-order valence-corrected chi connectivity index (χ3v) is 6.73. The lowest BCUT2D eigenvalue weighted by molar-refractivity contribution is -0.384. The van der Waals surface area contributed by atoms with Crippen molar-refractivity contribution in [3.63, 3.8) is 0 Å². The lowest BCUT2D eigenvalue weighted by Crippen LogP contribution is -2.45. The molecule has 4 heterocycles. The molecule has 2 aromatic rings. The standard InChI is InChI=1S/C21H14ClN3O6/c22-10-4-6-11(7-5-10)24-20(26)13-14(21(24)27)18-19-15(17(13)30-18)16(23-31-19)9-2-1-3-12(8-9)25(28)29/h1-8,13-15,17-19H/t13-,14-,15-,17+,18+,19-/m0/s1. The second-order valence-corrected chi connectivity index (χ2v) is 8.42. The number of amides is 2. The maximum atomic E-state index is 13.3. The van der Waals surface area contributed by atoms with E-state index in [9.17, 15) is 19.7 Å². The number of carbonyl (C=O) groups is 2.